The predicted molar refractivity (Wildman–Crippen MR) is 79.9 cm³/mol. The van der Waals surface area contributed by atoms with Gasteiger partial charge in [0.05, 0.1) is 5.56 Å². The van der Waals surface area contributed by atoms with Crippen LogP contribution in [0.5, 0.6) is 0 Å². The van der Waals surface area contributed by atoms with Gasteiger partial charge in [0.2, 0.25) is 0 Å². The first-order chi connectivity index (χ1) is 9.01. The quantitative estimate of drug-likeness (QED) is 0.929. The fourth-order valence-corrected chi connectivity index (χ4v) is 3.06. The molecular weight excluding hydrogens is 306 g/mol. The number of hydrogen-bond donors (Lipinski definition) is 1. The molecule has 1 aromatic heterocycles. The Bertz CT molecular complexity index is 486. The minimum atomic E-state index is -0.00456. The van der Waals surface area contributed by atoms with Crippen LogP contribution >= 0.6 is 15.9 Å². The van der Waals surface area contributed by atoms with E-state index in [-0.39, 0.29) is 11.3 Å². The minimum absolute atomic E-state index is 0.00456. The molecule has 104 valence electrons. The Labute approximate surface area is 122 Å². The van der Waals surface area contributed by atoms with Crippen molar-refractivity contribution in [2.75, 3.05) is 18.8 Å². The number of hydrogen-bond acceptors (Lipinski definition) is 3. The van der Waals surface area contributed by atoms with Crippen LogP contribution in [-0.4, -0.2) is 28.9 Å². The molecule has 1 aliphatic rings. The van der Waals surface area contributed by atoms with Gasteiger partial charge >= 0.3 is 0 Å². The van der Waals surface area contributed by atoms with Crippen LogP contribution in [0.1, 0.15) is 43.5 Å². The highest BCUT2D eigenvalue weighted by molar-refractivity contribution is 9.10. The fraction of sp³-hybridized carbons (Fsp3) is 0.571. The zero-order chi connectivity index (χ0) is 14.0. The lowest BCUT2D eigenvalue weighted by Gasteiger charge is -2.26. The third kappa shape index (κ3) is 2.76. The SMILES string of the molecule is CCC1(CC)CCN(C(=O)c2cc(Br)cnc2N)C1. The van der Waals surface area contributed by atoms with E-state index in [4.69, 9.17) is 5.73 Å². The van der Waals surface area contributed by atoms with E-state index < -0.39 is 0 Å². The smallest absolute Gasteiger partial charge is 0.257 e. The van der Waals surface area contributed by atoms with Crippen LogP contribution in [0.4, 0.5) is 5.82 Å². The highest BCUT2D eigenvalue weighted by atomic mass is 79.9. The summed E-state index contributed by atoms with van der Waals surface area (Å²) in [5, 5.41) is 0. The topological polar surface area (TPSA) is 59.2 Å². The number of nitrogen functional groups attached to an aromatic ring is 1. The second-order valence-electron chi connectivity index (χ2n) is 5.27. The van der Waals surface area contributed by atoms with E-state index in [9.17, 15) is 4.79 Å². The highest BCUT2D eigenvalue weighted by Crippen LogP contribution is 2.37. The molecule has 2 heterocycles. The van der Waals surface area contributed by atoms with Gasteiger partial charge in [-0.3, -0.25) is 4.79 Å². The van der Waals surface area contributed by atoms with Gasteiger partial charge in [0.15, 0.2) is 0 Å². The molecule has 0 bridgehead atoms. The van der Waals surface area contributed by atoms with Crippen molar-refractivity contribution < 1.29 is 4.79 Å². The van der Waals surface area contributed by atoms with Gasteiger partial charge < -0.3 is 10.6 Å². The van der Waals surface area contributed by atoms with Crippen molar-refractivity contribution in [3.05, 3.63) is 22.3 Å². The van der Waals surface area contributed by atoms with E-state index >= 15 is 0 Å². The lowest BCUT2D eigenvalue weighted by atomic mass is 9.82. The number of amides is 1. The van der Waals surface area contributed by atoms with E-state index in [1.807, 2.05) is 4.90 Å². The molecule has 4 nitrogen and oxygen atoms in total. The van der Waals surface area contributed by atoms with Crippen molar-refractivity contribution in [1.29, 1.82) is 0 Å². The van der Waals surface area contributed by atoms with Crippen LogP contribution in [0, 0.1) is 5.41 Å². The molecule has 2 N–H and O–H groups in total. The lowest BCUT2D eigenvalue weighted by molar-refractivity contribution is 0.0770. The average Bonchev–Trinajstić information content (AvgIpc) is 2.86. The number of nitrogens with zero attached hydrogens (tertiary/aromatic N) is 2. The summed E-state index contributed by atoms with van der Waals surface area (Å²) in [6.45, 7) is 6.04. The van der Waals surface area contributed by atoms with Gasteiger partial charge in [-0.25, -0.2) is 4.98 Å². The molecule has 1 saturated heterocycles. The van der Waals surface area contributed by atoms with Gasteiger partial charge in [-0.1, -0.05) is 13.8 Å². The van der Waals surface area contributed by atoms with Crippen molar-refractivity contribution in [1.82, 2.24) is 9.88 Å². The molecule has 5 heteroatoms. The number of carbonyl (C=O) groups excluding carboxylic acids is 1. The molecule has 0 spiro atoms. The van der Waals surface area contributed by atoms with Crippen molar-refractivity contribution >= 4 is 27.7 Å². The molecule has 1 aliphatic heterocycles. The molecule has 0 unspecified atom stereocenters. The molecule has 19 heavy (non-hydrogen) atoms. The maximum atomic E-state index is 12.5. The molecule has 1 amide bonds. The lowest BCUT2D eigenvalue weighted by Crippen LogP contribution is -2.32. The summed E-state index contributed by atoms with van der Waals surface area (Å²) in [5.41, 5.74) is 6.59. The van der Waals surface area contributed by atoms with Crippen LogP contribution < -0.4 is 5.73 Å². The zero-order valence-electron chi connectivity index (χ0n) is 11.4. The Morgan fingerprint density at radius 2 is 2.21 bits per heavy atom. The molecular formula is C14H20BrN3O. The van der Waals surface area contributed by atoms with Gasteiger partial charge in [0.25, 0.3) is 5.91 Å². The Hall–Kier alpha value is -1.10. The standard InChI is InChI=1S/C14H20BrN3O/c1-3-14(4-2)5-6-18(9-14)13(19)11-7-10(15)8-17-12(11)16/h7-8H,3-6,9H2,1-2H3,(H2,16,17). The second-order valence-corrected chi connectivity index (χ2v) is 6.19. The predicted octanol–water partition coefficient (Wildman–Crippen LogP) is 3.08. The first-order valence-corrected chi connectivity index (χ1v) is 7.51. The second kappa shape index (κ2) is 5.49. The molecule has 0 atom stereocenters. The van der Waals surface area contributed by atoms with E-state index in [2.05, 4.69) is 34.8 Å². The number of rotatable bonds is 3. The number of likely N-dealkylation sites (tertiary alicyclic amines) is 1. The van der Waals surface area contributed by atoms with Crippen LogP contribution in [-0.2, 0) is 0 Å². The molecule has 2 rings (SSSR count). The summed E-state index contributed by atoms with van der Waals surface area (Å²) in [4.78, 5) is 18.5. The Morgan fingerprint density at radius 1 is 1.53 bits per heavy atom. The molecule has 0 aromatic carbocycles. The Morgan fingerprint density at radius 3 is 2.79 bits per heavy atom. The molecule has 0 aliphatic carbocycles. The number of carbonyl (C=O) groups is 1. The monoisotopic (exact) mass is 325 g/mol. The maximum absolute atomic E-state index is 12.5. The molecule has 0 saturated carbocycles. The van der Waals surface area contributed by atoms with Crippen LogP contribution in [0.25, 0.3) is 0 Å². The normalized spacial score (nSPS) is 17.7. The van der Waals surface area contributed by atoms with Crippen molar-refractivity contribution in [2.24, 2.45) is 5.41 Å². The Kier molecular flexibility index (Phi) is 4.13. The number of aromatic nitrogens is 1. The molecule has 1 aromatic rings. The molecule has 1 fully saturated rings. The van der Waals surface area contributed by atoms with Gasteiger partial charge in [-0.05, 0) is 46.7 Å². The van der Waals surface area contributed by atoms with E-state index in [1.54, 1.807) is 12.3 Å². The zero-order valence-corrected chi connectivity index (χ0v) is 13.0. The maximum Gasteiger partial charge on any atom is 0.257 e. The van der Waals surface area contributed by atoms with Gasteiger partial charge in [-0.2, -0.15) is 0 Å². The summed E-state index contributed by atoms with van der Waals surface area (Å²) in [6, 6.07) is 1.75. The summed E-state index contributed by atoms with van der Waals surface area (Å²) in [7, 11) is 0. The van der Waals surface area contributed by atoms with E-state index in [1.165, 1.54) is 0 Å². The van der Waals surface area contributed by atoms with E-state index in [0.29, 0.717) is 11.4 Å². The number of pyridine rings is 1. The third-order valence-electron chi connectivity index (χ3n) is 4.34. The van der Waals surface area contributed by atoms with Gasteiger partial charge in [-0.15, -0.1) is 0 Å². The highest BCUT2D eigenvalue weighted by Gasteiger charge is 2.37. The van der Waals surface area contributed by atoms with Crippen LogP contribution in [0.3, 0.4) is 0 Å². The average molecular weight is 326 g/mol. The van der Waals surface area contributed by atoms with Crippen LogP contribution in [0.2, 0.25) is 0 Å². The largest absolute Gasteiger partial charge is 0.383 e. The van der Waals surface area contributed by atoms with E-state index in [0.717, 1.165) is 36.8 Å². The van der Waals surface area contributed by atoms with Crippen LogP contribution in [0.15, 0.2) is 16.7 Å². The Balaban J connectivity index is 2.20. The first kappa shape index (κ1) is 14.3. The number of nitrogens with two attached hydrogens (primary N) is 1. The fourth-order valence-electron chi connectivity index (χ4n) is 2.73. The summed E-state index contributed by atoms with van der Waals surface area (Å²) < 4.78 is 0.779. The molecule has 0 radical (unpaired) electrons. The van der Waals surface area contributed by atoms with Gasteiger partial charge in [0.1, 0.15) is 5.82 Å². The number of anilines is 1. The van der Waals surface area contributed by atoms with Crippen molar-refractivity contribution in [3.8, 4) is 0 Å². The minimum Gasteiger partial charge on any atom is -0.383 e. The summed E-state index contributed by atoms with van der Waals surface area (Å²) in [5.74, 6) is 0.300. The summed E-state index contributed by atoms with van der Waals surface area (Å²) >= 11 is 3.33. The van der Waals surface area contributed by atoms with Crippen molar-refractivity contribution in [2.45, 2.75) is 33.1 Å². The summed E-state index contributed by atoms with van der Waals surface area (Å²) in [6.07, 6.45) is 4.91. The third-order valence-corrected chi connectivity index (χ3v) is 4.77. The van der Waals surface area contributed by atoms with Crippen molar-refractivity contribution in [3.63, 3.8) is 0 Å². The first-order valence-electron chi connectivity index (χ1n) is 6.71. The number of halogens is 1. The van der Waals surface area contributed by atoms with Gasteiger partial charge in [0, 0.05) is 23.8 Å².